The first-order valence-electron chi connectivity index (χ1n) is 9.05. The molecule has 7 heteroatoms. The van der Waals surface area contributed by atoms with Gasteiger partial charge in [0.1, 0.15) is 23.2 Å². The van der Waals surface area contributed by atoms with Gasteiger partial charge in [-0.15, -0.1) is 0 Å². The highest BCUT2D eigenvalue weighted by atomic mass is 19.4. The first kappa shape index (κ1) is 22.5. The standard InChI is InChI=1S/C22H24F4N2O/c1-7-28(6)21(13(2)3)27-19-10-15(5)20(11-14(19)4)29-16-8-9-18(23)17(12-16)22(24,25)26/h8-12H,2,7H2,1,3-6H3. The van der Waals surface area contributed by atoms with Gasteiger partial charge in [-0.2, -0.15) is 13.2 Å². The van der Waals surface area contributed by atoms with Crippen molar-refractivity contribution in [1.82, 2.24) is 4.90 Å². The van der Waals surface area contributed by atoms with E-state index in [1.165, 1.54) is 6.07 Å². The Labute approximate surface area is 168 Å². The minimum absolute atomic E-state index is 0.0918. The van der Waals surface area contributed by atoms with Gasteiger partial charge in [-0.05, 0) is 74.7 Å². The Hall–Kier alpha value is -2.83. The fourth-order valence-corrected chi connectivity index (χ4v) is 2.69. The number of benzene rings is 2. The topological polar surface area (TPSA) is 24.8 Å². The van der Waals surface area contributed by atoms with Gasteiger partial charge in [0.15, 0.2) is 0 Å². The molecule has 0 fully saturated rings. The Balaban J connectivity index is 2.41. The van der Waals surface area contributed by atoms with Crippen LogP contribution in [0.4, 0.5) is 23.2 Å². The molecule has 2 aromatic rings. The van der Waals surface area contributed by atoms with Crippen LogP contribution in [0.5, 0.6) is 11.5 Å². The number of aryl methyl sites for hydroxylation is 2. The number of halogens is 4. The summed E-state index contributed by atoms with van der Waals surface area (Å²) in [4.78, 5) is 6.66. The Morgan fingerprint density at radius 3 is 2.34 bits per heavy atom. The first-order valence-corrected chi connectivity index (χ1v) is 9.05. The zero-order valence-electron chi connectivity index (χ0n) is 17.1. The maximum Gasteiger partial charge on any atom is 0.419 e. The molecule has 156 valence electrons. The molecule has 0 unspecified atom stereocenters. The molecule has 0 radical (unpaired) electrons. The average molecular weight is 408 g/mol. The van der Waals surface area contributed by atoms with Crippen molar-refractivity contribution in [2.24, 2.45) is 4.99 Å². The normalized spacial score (nSPS) is 12.1. The molecule has 0 aromatic heterocycles. The van der Waals surface area contributed by atoms with Crippen LogP contribution in [0.2, 0.25) is 0 Å². The first-order chi connectivity index (χ1) is 13.4. The van der Waals surface area contributed by atoms with Gasteiger partial charge in [-0.1, -0.05) is 6.58 Å². The van der Waals surface area contributed by atoms with Crippen LogP contribution in [0.3, 0.4) is 0 Å². The van der Waals surface area contributed by atoms with E-state index in [0.29, 0.717) is 23.1 Å². The van der Waals surface area contributed by atoms with Gasteiger partial charge in [0.25, 0.3) is 0 Å². The largest absolute Gasteiger partial charge is 0.457 e. The van der Waals surface area contributed by atoms with Crippen LogP contribution in [0, 0.1) is 19.7 Å². The molecule has 3 nitrogen and oxygen atoms in total. The summed E-state index contributed by atoms with van der Waals surface area (Å²) in [6.07, 6.45) is -4.79. The van der Waals surface area contributed by atoms with Gasteiger partial charge in [0.05, 0.1) is 11.3 Å². The Kier molecular flexibility index (Phi) is 6.72. The van der Waals surface area contributed by atoms with E-state index < -0.39 is 17.6 Å². The second-order valence-electron chi connectivity index (χ2n) is 6.88. The molecule has 0 aliphatic rings. The van der Waals surface area contributed by atoms with Crippen molar-refractivity contribution < 1.29 is 22.3 Å². The molecule has 0 atom stereocenters. The molecular weight excluding hydrogens is 384 g/mol. The Morgan fingerprint density at radius 1 is 1.14 bits per heavy atom. The van der Waals surface area contributed by atoms with Gasteiger partial charge >= 0.3 is 6.18 Å². The number of hydrogen-bond acceptors (Lipinski definition) is 2. The van der Waals surface area contributed by atoms with Gasteiger partial charge in [0.2, 0.25) is 0 Å². The van der Waals surface area contributed by atoms with E-state index in [1.54, 1.807) is 19.1 Å². The van der Waals surface area contributed by atoms with Crippen LogP contribution in [-0.2, 0) is 6.18 Å². The zero-order valence-corrected chi connectivity index (χ0v) is 17.1. The van der Waals surface area contributed by atoms with Crippen LogP contribution >= 0.6 is 0 Å². The summed E-state index contributed by atoms with van der Waals surface area (Å²) in [6, 6.07) is 6.07. The van der Waals surface area contributed by atoms with Crippen molar-refractivity contribution in [2.45, 2.75) is 33.9 Å². The number of likely N-dealkylation sites (N-methyl/N-ethyl adjacent to an activating group) is 1. The molecule has 0 aliphatic heterocycles. The smallest absolute Gasteiger partial charge is 0.419 e. The highest BCUT2D eigenvalue weighted by Gasteiger charge is 2.34. The molecule has 0 spiro atoms. The summed E-state index contributed by atoms with van der Waals surface area (Å²) < 4.78 is 57.9. The van der Waals surface area contributed by atoms with Crippen molar-refractivity contribution >= 4 is 11.5 Å². The molecular formula is C22H24F4N2O. The third-order valence-electron chi connectivity index (χ3n) is 4.41. The molecule has 0 N–H and O–H groups in total. The van der Waals surface area contributed by atoms with Gasteiger partial charge in [-0.25, -0.2) is 9.38 Å². The molecule has 2 aromatic carbocycles. The highest BCUT2D eigenvalue weighted by Crippen LogP contribution is 2.36. The quantitative estimate of drug-likeness (QED) is 0.308. The van der Waals surface area contributed by atoms with Crippen molar-refractivity contribution in [1.29, 1.82) is 0 Å². The Morgan fingerprint density at radius 2 is 1.79 bits per heavy atom. The lowest BCUT2D eigenvalue weighted by atomic mass is 10.1. The van der Waals surface area contributed by atoms with Crippen LogP contribution in [-0.4, -0.2) is 24.3 Å². The number of ether oxygens (including phenoxy) is 1. The summed E-state index contributed by atoms with van der Waals surface area (Å²) in [5.74, 6) is -0.306. The monoisotopic (exact) mass is 408 g/mol. The number of aliphatic imine (C=N–C) groups is 1. The second-order valence-corrected chi connectivity index (χ2v) is 6.88. The molecule has 2 rings (SSSR count). The minimum atomic E-state index is -4.79. The number of alkyl halides is 3. The molecule has 0 saturated heterocycles. The minimum Gasteiger partial charge on any atom is -0.457 e. The zero-order chi connectivity index (χ0) is 21.9. The third-order valence-corrected chi connectivity index (χ3v) is 4.41. The Bertz CT molecular complexity index is 949. The van der Waals surface area contributed by atoms with Gasteiger partial charge in [-0.3, -0.25) is 0 Å². The SMILES string of the molecule is C=C(C)C(=Nc1cc(C)c(Oc2ccc(F)c(C(F)(F)F)c2)cc1C)N(C)CC. The van der Waals surface area contributed by atoms with Crippen LogP contribution < -0.4 is 4.74 Å². The summed E-state index contributed by atoms with van der Waals surface area (Å²) in [5, 5.41) is 0. The molecule has 0 aliphatic carbocycles. The fourth-order valence-electron chi connectivity index (χ4n) is 2.69. The van der Waals surface area contributed by atoms with E-state index in [1.807, 2.05) is 32.7 Å². The van der Waals surface area contributed by atoms with E-state index in [2.05, 4.69) is 11.6 Å². The van der Waals surface area contributed by atoms with Crippen molar-refractivity contribution in [3.8, 4) is 11.5 Å². The predicted molar refractivity (Wildman–Crippen MR) is 108 cm³/mol. The van der Waals surface area contributed by atoms with Gasteiger partial charge < -0.3 is 9.64 Å². The lowest BCUT2D eigenvalue weighted by Crippen LogP contribution is -2.26. The average Bonchev–Trinajstić information content (AvgIpc) is 2.62. The van der Waals surface area contributed by atoms with Crippen LogP contribution in [0.15, 0.2) is 47.5 Å². The van der Waals surface area contributed by atoms with Crippen molar-refractivity contribution in [3.63, 3.8) is 0 Å². The van der Waals surface area contributed by atoms with Gasteiger partial charge in [0, 0.05) is 13.6 Å². The summed E-state index contributed by atoms with van der Waals surface area (Å²) in [6.45, 7) is 12.2. The predicted octanol–water partition coefficient (Wildman–Crippen LogP) is 6.81. The molecule has 0 heterocycles. The number of hydrogen-bond donors (Lipinski definition) is 0. The number of nitrogens with zero attached hydrogens (tertiary/aromatic N) is 2. The number of amidine groups is 1. The lowest BCUT2D eigenvalue weighted by Gasteiger charge is -2.20. The van der Waals surface area contributed by atoms with Crippen LogP contribution in [0.25, 0.3) is 0 Å². The highest BCUT2D eigenvalue weighted by molar-refractivity contribution is 5.98. The lowest BCUT2D eigenvalue weighted by molar-refractivity contribution is -0.140. The van der Waals surface area contributed by atoms with E-state index >= 15 is 0 Å². The summed E-state index contributed by atoms with van der Waals surface area (Å²) in [5.41, 5.74) is 1.64. The maximum atomic E-state index is 13.5. The fraction of sp³-hybridized carbons (Fsp3) is 0.318. The maximum absolute atomic E-state index is 13.5. The molecule has 29 heavy (non-hydrogen) atoms. The van der Waals surface area contributed by atoms with Crippen molar-refractivity contribution in [3.05, 3.63) is 65.0 Å². The van der Waals surface area contributed by atoms with E-state index in [9.17, 15) is 17.6 Å². The van der Waals surface area contributed by atoms with E-state index in [0.717, 1.165) is 29.6 Å². The third kappa shape index (κ3) is 5.37. The molecule has 0 bridgehead atoms. The summed E-state index contributed by atoms with van der Waals surface area (Å²) >= 11 is 0. The molecule has 0 saturated carbocycles. The molecule has 0 amide bonds. The second kappa shape index (κ2) is 8.68. The van der Waals surface area contributed by atoms with E-state index in [4.69, 9.17) is 4.74 Å². The van der Waals surface area contributed by atoms with Crippen LogP contribution in [0.1, 0.15) is 30.5 Å². The van der Waals surface area contributed by atoms with E-state index in [-0.39, 0.29) is 5.75 Å². The summed E-state index contributed by atoms with van der Waals surface area (Å²) in [7, 11) is 1.92. The van der Waals surface area contributed by atoms with Crippen molar-refractivity contribution in [2.75, 3.05) is 13.6 Å². The number of rotatable bonds is 5.